The number of hydrogen-bond donors (Lipinski definition) is 0. The summed E-state index contributed by atoms with van der Waals surface area (Å²) in [4.78, 5) is 17.6. The molecule has 0 amide bonds. The van der Waals surface area contributed by atoms with Crippen LogP contribution in [-0.4, -0.2) is 21.5 Å². The summed E-state index contributed by atoms with van der Waals surface area (Å²) in [6, 6.07) is 19.7. The van der Waals surface area contributed by atoms with Crippen molar-refractivity contribution in [2.24, 2.45) is 10.6 Å². The first-order valence-electron chi connectivity index (χ1n) is 9.88. The fourth-order valence-electron chi connectivity index (χ4n) is 3.93. The Morgan fingerprint density at radius 2 is 1.72 bits per heavy atom. The summed E-state index contributed by atoms with van der Waals surface area (Å²) in [5, 5.41) is 9.07. The SMILES string of the molecule is Cc1nn(-c2ccccc2)c2c1/C(=N/OC(=O)Cc1ccccc1)CC(C)(C)C2. The van der Waals surface area contributed by atoms with E-state index in [2.05, 4.69) is 19.0 Å². The quantitative estimate of drug-likeness (QED) is 0.484. The van der Waals surface area contributed by atoms with Crippen LogP contribution in [0.4, 0.5) is 0 Å². The number of nitrogens with zero attached hydrogens (tertiary/aromatic N) is 3. The molecule has 3 aromatic rings. The standard InChI is InChI=1S/C24H25N3O2/c1-17-23-20(26-29-22(28)14-18-10-6-4-7-11-18)15-24(2,3)16-21(23)27(25-17)19-12-8-5-9-13-19/h4-13H,14-16H2,1-3H3/b26-20+. The third-order valence-corrected chi connectivity index (χ3v) is 5.19. The Balaban J connectivity index is 1.65. The first-order chi connectivity index (χ1) is 13.9. The van der Waals surface area contributed by atoms with Gasteiger partial charge in [-0.05, 0) is 42.9 Å². The molecule has 0 N–H and O–H groups in total. The number of aromatic nitrogens is 2. The van der Waals surface area contributed by atoms with Crippen LogP contribution >= 0.6 is 0 Å². The summed E-state index contributed by atoms with van der Waals surface area (Å²) in [6.45, 7) is 6.39. The summed E-state index contributed by atoms with van der Waals surface area (Å²) in [5.41, 5.74) is 5.74. The Morgan fingerprint density at radius 1 is 1.07 bits per heavy atom. The van der Waals surface area contributed by atoms with Crippen LogP contribution < -0.4 is 0 Å². The molecule has 5 nitrogen and oxygen atoms in total. The van der Waals surface area contributed by atoms with E-state index in [1.807, 2.05) is 72.3 Å². The van der Waals surface area contributed by atoms with Gasteiger partial charge in [0.05, 0.1) is 29.2 Å². The highest BCUT2D eigenvalue weighted by Gasteiger charge is 2.35. The second kappa shape index (κ2) is 7.66. The van der Waals surface area contributed by atoms with Gasteiger partial charge in [-0.2, -0.15) is 5.10 Å². The van der Waals surface area contributed by atoms with Crippen LogP contribution in [0.25, 0.3) is 5.69 Å². The van der Waals surface area contributed by atoms with E-state index < -0.39 is 0 Å². The summed E-state index contributed by atoms with van der Waals surface area (Å²) in [6.07, 6.45) is 1.82. The summed E-state index contributed by atoms with van der Waals surface area (Å²) >= 11 is 0. The highest BCUT2D eigenvalue weighted by molar-refractivity contribution is 6.04. The zero-order valence-corrected chi connectivity index (χ0v) is 17.1. The lowest BCUT2D eigenvalue weighted by Crippen LogP contribution is -2.29. The van der Waals surface area contributed by atoms with Crippen molar-refractivity contribution in [1.29, 1.82) is 0 Å². The molecule has 0 spiro atoms. The van der Waals surface area contributed by atoms with Crippen LogP contribution in [0.5, 0.6) is 0 Å². The van der Waals surface area contributed by atoms with Crippen LogP contribution in [0, 0.1) is 12.3 Å². The van der Waals surface area contributed by atoms with E-state index in [4.69, 9.17) is 9.94 Å². The molecule has 148 valence electrons. The zero-order chi connectivity index (χ0) is 20.4. The predicted molar refractivity (Wildman–Crippen MR) is 113 cm³/mol. The Kier molecular flexibility index (Phi) is 5.05. The average molecular weight is 387 g/mol. The predicted octanol–water partition coefficient (Wildman–Crippen LogP) is 4.64. The minimum atomic E-state index is -0.360. The molecule has 4 rings (SSSR count). The molecular formula is C24H25N3O2. The summed E-state index contributed by atoms with van der Waals surface area (Å²) in [5.74, 6) is -0.360. The third-order valence-electron chi connectivity index (χ3n) is 5.19. The van der Waals surface area contributed by atoms with E-state index >= 15 is 0 Å². The van der Waals surface area contributed by atoms with E-state index in [-0.39, 0.29) is 17.8 Å². The van der Waals surface area contributed by atoms with Gasteiger partial charge in [0.15, 0.2) is 0 Å². The fourth-order valence-corrected chi connectivity index (χ4v) is 3.93. The van der Waals surface area contributed by atoms with Crippen molar-refractivity contribution >= 4 is 11.7 Å². The molecule has 0 radical (unpaired) electrons. The number of oxime groups is 1. The smallest absolute Gasteiger partial charge is 0.318 e. The number of fused-ring (bicyclic) bond motifs is 1. The van der Waals surface area contributed by atoms with Crippen LogP contribution in [0.15, 0.2) is 65.8 Å². The number of carbonyl (C=O) groups is 1. The van der Waals surface area contributed by atoms with Crippen molar-refractivity contribution in [3.05, 3.63) is 83.2 Å². The Labute approximate surface area is 171 Å². The van der Waals surface area contributed by atoms with Gasteiger partial charge in [-0.3, -0.25) is 0 Å². The number of rotatable bonds is 4. The van der Waals surface area contributed by atoms with E-state index in [1.54, 1.807) is 0 Å². The highest BCUT2D eigenvalue weighted by Crippen LogP contribution is 2.37. The number of para-hydroxylation sites is 1. The van der Waals surface area contributed by atoms with Gasteiger partial charge >= 0.3 is 5.97 Å². The van der Waals surface area contributed by atoms with Crippen LogP contribution in [0.2, 0.25) is 0 Å². The van der Waals surface area contributed by atoms with Crippen molar-refractivity contribution in [3.8, 4) is 5.69 Å². The summed E-state index contributed by atoms with van der Waals surface area (Å²) in [7, 11) is 0. The van der Waals surface area contributed by atoms with Gasteiger partial charge in [0.2, 0.25) is 0 Å². The number of benzene rings is 2. The van der Waals surface area contributed by atoms with Gasteiger partial charge in [-0.1, -0.05) is 67.5 Å². The minimum absolute atomic E-state index is 0.00330. The highest BCUT2D eigenvalue weighted by atomic mass is 16.7. The molecule has 1 aliphatic rings. The maximum Gasteiger partial charge on any atom is 0.339 e. The maximum absolute atomic E-state index is 12.3. The number of hydrogen-bond acceptors (Lipinski definition) is 4. The molecule has 0 unspecified atom stereocenters. The van der Waals surface area contributed by atoms with Crippen molar-refractivity contribution in [3.63, 3.8) is 0 Å². The lowest BCUT2D eigenvalue weighted by Gasteiger charge is -2.30. The molecule has 0 atom stereocenters. The minimum Gasteiger partial charge on any atom is -0.318 e. The molecule has 0 bridgehead atoms. The summed E-state index contributed by atoms with van der Waals surface area (Å²) < 4.78 is 1.99. The van der Waals surface area contributed by atoms with Crippen LogP contribution in [0.3, 0.4) is 0 Å². The van der Waals surface area contributed by atoms with Gasteiger partial charge in [-0.25, -0.2) is 9.48 Å². The molecule has 0 aliphatic heterocycles. The van der Waals surface area contributed by atoms with Gasteiger partial charge < -0.3 is 4.84 Å². The Morgan fingerprint density at radius 3 is 2.41 bits per heavy atom. The van der Waals surface area contributed by atoms with E-state index in [1.165, 1.54) is 0 Å². The fraction of sp³-hybridized carbons (Fsp3) is 0.292. The Hall–Kier alpha value is -3.21. The molecule has 2 aromatic carbocycles. The van der Waals surface area contributed by atoms with E-state index in [0.717, 1.165) is 46.8 Å². The van der Waals surface area contributed by atoms with E-state index in [9.17, 15) is 4.79 Å². The van der Waals surface area contributed by atoms with Crippen LogP contribution in [0.1, 0.15) is 42.8 Å². The monoisotopic (exact) mass is 387 g/mol. The van der Waals surface area contributed by atoms with Crippen molar-refractivity contribution < 1.29 is 9.63 Å². The van der Waals surface area contributed by atoms with Crippen LogP contribution in [-0.2, 0) is 22.5 Å². The molecule has 0 saturated heterocycles. The lowest BCUT2D eigenvalue weighted by molar-refractivity contribution is -0.142. The molecule has 1 heterocycles. The largest absolute Gasteiger partial charge is 0.339 e. The van der Waals surface area contributed by atoms with Gasteiger partial charge in [-0.15, -0.1) is 0 Å². The third kappa shape index (κ3) is 4.14. The van der Waals surface area contributed by atoms with Gasteiger partial charge in [0.1, 0.15) is 0 Å². The molecule has 0 saturated carbocycles. The van der Waals surface area contributed by atoms with Crippen molar-refractivity contribution in [2.45, 2.75) is 40.0 Å². The van der Waals surface area contributed by atoms with Crippen molar-refractivity contribution in [2.75, 3.05) is 0 Å². The molecule has 5 heteroatoms. The normalized spacial score (nSPS) is 16.4. The van der Waals surface area contributed by atoms with Crippen molar-refractivity contribution in [1.82, 2.24) is 9.78 Å². The topological polar surface area (TPSA) is 56.5 Å². The number of aryl methyl sites for hydroxylation is 1. The van der Waals surface area contributed by atoms with E-state index in [0.29, 0.717) is 0 Å². The van der Waals surface area contributed by atoms with Gasteiger partial charge in [0.25, 0.3) is 0 Å². The molecule has 0 fully saturated rings. The van der Waals surface area contributed by atoms with Gasteiger partial charge in [0, 0.05) is 5.56 Å². The lowest BCUT2D eigenvalue weighted by atomic mass is 9.75. The average Bonchev–Trinajstić information content (AvgIpc) is 3.03. The first kappa shape index (κ1) is 19.1. The second-order valence-corrected chi connectivity index (χ2v) is 8.34. The molecule has 29 heavy (non-hydrogen) atoms. The zero-order valence-electron chi connectivity index (χ0n) is 17.1. The molecular weight excluding hydrogens is 362 g/mol. The molecule has 1 aliphatic carbocycles. The Bertz CT molecular complexity index is 1050. The first-order valence-corrected chi connectivity index (χ1v) is 9.88. The second-order valence-electron chi connectivity index (χ2n) is 8.34. The maximum atomic E-state index is 12.3. The molecule has 1 aromatic heterocycles. The number of carbonyl (C=O) groups excluding carboxylic acids is 1.